The molecule has 0 saturated carbocycles. The van der Waals surface area contributed by atoms with Crippen LogP contribution in [0, 0.1) is 6.92 Å². The number of nitrogens with zero attached hydrogens (tertiary/aromatic N) is 2. The number of phenolic OH excluding ortho intramolecular Hbond substituents is 1. The van der Waals surface area contributed by atoms with Crippen LogP contribution < -0.4 is 4.74 Å². The smallest absolute Gasteiger partial charge is 0.143 e. The second-order valence-corrected chi connectivity index (χ2v) is 5.97. The molecule has 4 nitrogen and oxygen atoms in total. The molecular formula is C20H17ClN2O2. The summed E-state index contributed by atoms with van der Waals surface area (Å²) < 4.78 is 5.74. The lowest BCUT2D eigenvalue weighted by Gasteiger charge is -2.07. The molecular weight excluding hydrogens is 336 g/mol. The fourth-order valence-electron chi connectivity index (χ4n) is 2.17. The molecule has 3 aromatic rings. The molecule has 0 saturated heterocycles. The molecule has 0 fully saturated rings. The van der Waals surface area contributed by atoms with Crippen LogP contribution in [0.2, 0.25) is 5.02 Å². The second kappa shape index (κ2) is 7.81. The fourth-order valence-corrected chi connectivity index (χ4v) is 2.34. The second-order valence-electron chi connectivity index (χ2n) is 5.56. The van der Waals surface area contributed by atoms with E-state index < -0.39 is 0 Å². The summed E-state index contributed by atoms with van der Waals surface area (Å²) in [6.45, 7) is 2.36. The number of aromatic hydroxyl groups is 1. The predicted molar refractivity (Wildman–Crippen MR) is 99.2 cm³/mol. The van der Waals surface area contributed by atoms with E-state index in [0.29, 0.717) is 28.8 Å². The number of rotatable bonds is 5. The van der Waals surface area contributed by atoms with Gasteiger partial charge in [-0.2, -0.15) is 5.11 Å². The van der Waals surface area contributed by atoms with Crippen molar-refractivity contribution < 1.29 is 9.84 Å². The van der Waals surface area contributed by atoms with Crippen LogP contribution in [0.3, 0.4) is 0 Å². The quantitative estimate of drug-likeness (QED) is 0.544. The lowest BCUT2D eigenvalue weighted by molar-refractivity contribution is 0.306. The van der Waals surface area contributed by atoms with Crippen molar-refractivity contribution in [2.24, 2.45) is 10.2 Å². The summed E-state index contributed by atoms with van der Waals surface area (Å²) in [4.78, 5) is 0. The van der Waals surface area contributed by atoms with E-state index in [1.54, 1.807) is 18.2 Å². The van der Waals surface area contributed by atoms with E-state index in [-0.39, 0.29) is 5.75 Å². The number of benzene rings is 3. The highest BCUT2D eigenvalue weighted by Gasteiger charge is 2.04. The highest BCUT2D eigenvalue weighted by Crippen LogP contribution is 2.33. The topological polar surface area (TPSA) is 54.2 Å². The van der Waals surface area contributed by atoms with Gasteiger partial charge in [-0.15, -0.1) is 5.11 Å². The van der Waals surface area contributed by atoms with Crippen molar-refractivity contribution in [2.45, 2.75) is 13.5 Å². The first-order valence-electron chi connectivity index (χ1n) is 7.79. The minimum absolute atomic E-state index is 0.0361. The molecule has 3 rings (SSSR count). The molecule has 0 unspecified atom stereocenters. The minimum Gasteiger partial charge on any atom is -0.506 e. The Bertz CT molecular complexity index is 895. The van der Waals surface area contributed by atoms with Gasteiger partial charge in [0.1, 0.15) is 23.8 Å². The Balaban J connectivity index is 1.74. The molecule has 3 aromatic carbocycles. The average molecular weight is 353 g/mol. The van der Waals surface area contributed by atoms with Crippen LogP contribution in [0.15, 0.2) is 77.0 Å². The molecule has 5 heteroatoms. The molecule has 0 aliphatic carbocycles. The van der Waals surface area contributed by atoms with Crippen molar-refractivity contribution in [1.29, 1.82) is 0 Å². The first-order valence-corrected chi connectivity index (χ1v) is 8.17. The Morgan fingerprint density at radius 3 is 2.52 bits per heavy atom. The zero-order valence-electron chi connectivity index (χ0n) is 13.7. The predicted octanol–water partition coefficient (Wildman–Crippen LogP) is 6.35. The summed E-state index contributed by atoms with van der Waals surface area (Å²) in [5.74, 6) is 0.645. The van der Waals surface area contributed by atoms with Crippen molar-refractivity contribution in [3.63, 3.8) is 0 Å². The van der Waals surface area contributed by atoms with Gasteiger partial charge >= 0.3 is 0 Å². The molecule has 0 spiro atoms. The van der Waals surface area contributed by atoms with E-state index in [2.05, 4.69) is 10.2 Å². The number of aryl methyl sites for hydroxylation is 1. The highest BCUT2D eigenvalue weighted by atomic mass is 35.5. The van der Waals surface area contributed by atoms with Gasteiger partial charge in [0.05, 0.1) is 5.69 Å². The van der Waals surface area contributed by atoms with Gasteiger partial charge in [-0.25, -0.2) is 0 Å². The molecule has 126 valence electrons. The largest absolute Gasteiger partial charge is 0.506 e. The Kier molecular flexibility index (Phi) is 5.31. The van der Waals surface area contributed by atoms with Crippen LogP contribution in [-0.4, -0.2) is 5.11 Å². The van der Waals surface area contributed by atoms with Crippen LogP contribution >= 0.6 is 11.6 Å². The molecule has 0 amide bonds. The maximum Gasteiger partial charge on any atom is 0.143 e. The summed E-state index contributed by atoms with van der Waals surface area (Å²) in [5, 5.41) is 18.8. The molecule has 0 radical (unpaired) electrons. The van der Waals surface area contributed by atoms with Crippen molar-refractivity contribution in [3.05, 3.63) is 82.9 Å². The number of halogens is 1. The van der Waals surface area contributed by atoms with Gasteiger partial charge in [0.25, 0.3) is 0 Å². The van der Waals surface area contributed by atoms with Gasteiger partial charge in [0.15, 0.2) is 0 Å². The maximum absolute atomic E-state index is 9.96. The lowest BCUT2D eigenvalue weighted by Crippen LogP contribution is -1.94. The first kappa shape index (κ1) is 17.0. The number of ether oxygens (including phenoxy) is 1. The van der Waals surface area contributed by atoms with Crippen molar-refractivity contribution >= 4 is 23.0 Å². The highest BCUT2D eigenvalue weighted by molar-refractivity contribution is 6.31. The third-order valence-corrected chi connectivity index (χ3v) is 4.03. The summed E-state index contributed by atoms with van der Waals surface area (Å²) >= 11 is 6.08. The van der Waals surface area contributed by atoms with Crippen LogP contribution in [0.1, 0.15) is 11.1 Å². The molecule has 0 atom stereocenters. The Labute approximate surface area is 151 Å². The van der Waals surface area contributed by atoms with Crippen LogP contribution in [0.25, 0.3) is 0 Å². The van der Waals surface area contributed by atoms with Crippen LogP contribution in [0.4, 0.5) is 11.4 Å². The van der Waals surface area contributed by atoms with E-state index in [0.717, 1.165) is 11.1 Å². The summed E-state index contributed by atoms with van der Waals surface area (Å²) in [6, 6.07) is 20.2. The average Bonchev–Trinajstić information content (AvgIpc) is 2.63. The zero-order valence-corrected chi connectivity index (χ0v) is 14.4. The minimum atomic E-state index is 0.0361. The maximum atomic E-state index is 9.96. The Morgan fingerprint density at radius 2 is 1.76 bits per heavy atom. The molecule has 0 heterocycles. The molecule has 0 aliphatic rings. The summed E-state index contributed by atoms with van der Waals surface area (Å²) in [5.41, 5.74) is 2.99. The molecule has 0 aliphatic heterocycles. The van der Waals surface area contributed by atoms with Crippen LogP contribution in [-0.2, 0) is 6.61 Å². The third kappa shape index (κ3) is 4.58. The molecule has 25 heavy (non-hydrogen) atoms. The Morgan fingerprint density at radius 1 is 0.960 bits per heavy atom. The Hall–Kier alpha value is -2.85. The SMILES string of the molecule is Cc1ccc(N=Nc2cc(OCc3ccccc3)ccc2O)cc1Cl. The van der Waals surface area contributed by atoms with Gasteiger partial charge in [-0.05, 0) is 42.3 Å². The van der Waals surface area contributed by atoms with Crippen molar-refractivity contribution in [3.8, 4) is 11.5 Å². The number of hydrogen-bond donors (Lipinski definition) is 1. The van der Waals surface area contributed by atoms with E-state index in [4.69, 9.17) is 16.3 Å². The standard InChI is InChI=1S/C20H17ClN2O2/c1-14-7-8-16(11-18(14)21)22-23-19-12-17(9-10-20(19)24)25-13-15-5-3-2-4-6-15/h2-12,24H,13H2,1H3. The molecule has 0 aromatic heterocycles. The van der Waals surface area contributed by atoms with Crippen molar-refractivity contribution in [1.82, 2.24) is 0 Å². The molecule has 1 N–H and O–H groups in total. The van der Waals surface area contributed by atoms with Crippen molar-refractivity contribution in [2.75, 3.05) is 0 Å². The number of azo groups is 1. The van der Waals surface area contributed by atoms with E-state index in [1.807, 2.05) is 49.4 Å². The first-order chi connectivity index (χ1) is 12.1. The summed E-state index contributed by atoms with van der Waals surface area (Å²) in [7, 11) is 0. The monoisotopic (exact) mass is 352 g/mol. The van der Waals surface area contributed by atoms with E-state index in [9.17, 15) is 5.11 Å². The normalized spacial score (nSPS) is 11.0. The fraction of sp³-hybridized carbons (Fsp3) is 0.100. The summed E-state index contributed by atoms with van der Waals surface area (Å²) in [6.07, 6.45) is 0. The van der Waals surface area contributed by atoms with Gasteiger partial charge in [0.2, 0.25) is 0 Å². The lowest BCUT2D eigenvalue weighted by atomic mass is 10.2. The van der Waals surface area contributed by atoms with Gasteiger partial charge in [-0.3, -0.25) is 0 Å². The number of phenols is 1. The van der Waals surface area contributed by atoms with E-state index in [1.165, 1.54) is 6.07 Å². The number of hydrogen-bond acceptors (Lipinski definition) is 4. The van der Waals surface area contributed by atoms with Gasteiger partial charge in [0, 0.05) is 11.1 Å². The van der Waals surface area contributed by atoms with Gasteiger partial charge < -0.3 is 9.84 Å². The van der Waals surface area contributed by atoms with Crippen LogP contribution in [0.5, 0.6) is 11.5 Å². The van der Waals surface area contributed by atoms with Gasteiger partial charge in [-0.1, -0.05) is 48.0 Å². The zero-order chi connectivity index (χ0) is 17.6. The third-order valence-electron chi connectivity index (χ3n) is 3.62. The van der Waals surface area contributed by atoms with E-state index >= 15 is 0 Å². The molecule has 0 bridgehead atoms.